The molecule has 0 unspecified atom stereocenters. The lowest BCUT2D eigenvalue weighted by atomic mass is 10.00. The van der Waals surface area contributed by atoms with Gasteiger partial charge >= 0.3 is 0 Å². The maximum Gasteiger partial charge on any atom is 0.265 e. The number of nitrogens with zero attached hydrogens (tertiary/aromatic N) is 3. The van der Waals surface area contributed by atoms with E-state index in [0.29, 0.717) is 6.04 Å². The van der Waals surface area contributed by atoms with Crippen molar-refractivity contribution in [3.8, 4) is 10.6 Å². The minimum Gasteiger partial charge on any atom is -0.338 e. The van der Waals surface area contributed by atoms with E-state index in [1.54, 1.807) is 0 Å². The van der Waals surface area contributed by atoms with Crippen molar-refractivity contribution in [1.82, 2.24) is 14.8 Å². The normalized spacial score (nSPS) is 19.4. The molecular weight excluding hydrogens is 354 g/mol. The summed E-state index contributed by atoms with van der Waals surface area (Å²) in [4.78, 5) is 23.3. The second-order valence-corrected chi connectivity index (χ2v) is 8.92. The summed E-state index contributed by atoms with van der Waals surface area (Å²) in [5, 5.41) is 0.947. The Kier molecular flexibility index (Phi) is 5.60. The number of amides is 1. The number of aryl methyl sites for hydroxylation is 2. The Morgan fingerprint density at radius 1 is 1.07 bits per heavy atom. The number of rotatable bonds is 3. The van der Waals surface area contributed by atoms with Gasteiger partial charge in [-0.15, -0.1) is 11.3 Å². The van der Waals surface area contributed by atoms with Crippen LogP contribution in [0.25, 0.3) is 10.6 Å². The molecule has 0 aliphatic carbocycles. The van der Waals surface area contributed by atoms with Gasteiger partial charge < -0.3 is 9.80 Å². The van der Waals surface area contributed by atoms with E-state index in [-0.39, 0.29) is 5.91 Å². The Hall–Kier alpha value is -1.72. The third-order valence-corrected chi connectivity index (χ3v) is 7.11. The van der Waals surface area contributed by atoms with Gasteiger partial charge in [0.05, 0.1) is 5.69 Å². The summed E-state index contributed by atoms with van der Waals surface area (Å²) in [6.07, 6.45) is 6.26. The molecule has 2 fully saturated rings. The van der Waals surface area contributed by atoms with E-state index in [2.05, 4.69) is 35.0 Å². The number of likely N-dealkylation sites (tertiary alicyclic amines) is 2. The molecule has 1 amide bonds. The predicted octanol–water partition coefficient (Wildman–Crippen LogP) is 4.52. The van der Waals surface area contributed by atoms with Crippen LogP contribution in [0.1, 0.15) is 53.0 Å². The van der Waals surface area contributed by atoms with Crippen LogP contribution in [0.4, 0.5) is 0 Å². The van der Waals surface area contributed by atoms with Crippen LogP contribution in [0.2, 0.25) is 0 Å². The van der Waals surface area contributed by atoms with E-state index in [1.165, 1.54) is 49.3 Å². The number of piperidine rings is 2. The monoisotopic (exact) mass is 383 g/mol. The summed E-state index contributed by atoms with van der Waals surface area (Å²) >= 11 is 1.54. The topological polar surface area (TPSA) is 36.4 Å². The Bertz CT molecular complexity index is 802. The van der Waals surface area contributed by atoms with Gasteiger partial charge in [-0.25, -0.2) is 4.98 Å². The molecule has 4 rings (SSSR count). The highest BCUT2D eigenvalue weighted by Crippen LogP contribution is 2.30. The van der Waals surface area contributed by atoms with Gasteiger partial charge in [0, 0.05) is 24.7 Å². The zero-order valence-electron chi connectivity index (χ0n) is 16.4. The fourth-order valence-electron chi connectivity index (χ4n) is 4.36. The molecule has 2 aliphatic rings. The summed E-state index contributed by atoms with van der Waals surface area (Å²) in [7, 11) is 0. The van der Waals surface area contributed by atoms with Crippen molar-refractivity contribution in [2.75, 3.05) is 26.2 Å². The van der Waals surface area contributed by atoms with Crippen LogP contribution in [0.5, 0.6) is 0 Å². The summed E-state index contributed by atoms with van der Waals surface area (Å²) in [5.74, 6) is 0.168. The molecule has 0 N–H and O–H groups in total. The van der Waals surface area contributed by atoms with E-state index >= 15 is 0 Å². The fourth-order valence-corrected chi connectivity index (χ4v) is 5.39. The highest BCUT2D eigenvalue weighted by molar-refractivity contribution is 7.17. The average Bonchev–Trinajstić information content (AvgIpc) is 3.10. The average molecular weight is 384 g/mol. The minimum atomic E-state index is 0.168. The molecule has 5 heteroatoms. The van der Waals surface area contributed by atoms with E-state index in [4.69, 9.17) is 0 Å². The van der Waals surface area contributed by atoms with Crippen LogP contribution in [-0.2, 0) is 0 Å². The van der Waals surface area contributed by atoms with Crippen molar-refractivity contribution < 1.29 is 4.79 Å². The molecule has 4 nitrogen and oxygen atoms in total. The zero-order valence-corrected chi connectivity index (χ0v) is 17.2. The molecule has 2 aromatic rings. The van der Waals surface area contributed by atoms with E-state index in [9.17, 15) is 4.79 Å². The second kappa shape index (κ2) is 8.11. The van der Waals surface area contributed by atoms with Gasteiger partial charge in [0.2, 0.25) is 0 Å². The van der Waals surface area contributed by atoms with Gasteiger partial charge in [-0.05, 0) is 58.7 Å². The Labute approximate surface area is 166 Å². The third-order valence-electron chi connectivity index (χ3n) is 5.91. The Morgan fingerprint density at radius 2 is 1.81 bits per heavy atom. The third kappa shape index (κ3) is 4.09. The quantitative estimate of drug-likeness (QED) is 0.782. The second-order valence-electron chi connectivity index (χ2n) is 7.92. The zero-order chi connectivity index (χ0) is 18.8. The molecular formula is C22H29N3OS. The maximum atomic E-state index is 13.1. The van der Waals surface area contributed by atoms with Crippen LogP contribution in [0.15, 0.2) is 24.3 Å². The van der Waals surface area contributed by atoms with Crippen LogP contribution < -0.4 is 0 Å². The van der Waals surface area contributed by atoms with Crippen molar-refractivity contribution >= 4 is 17.2 Å². The predicted molar refractivity (Wildman–Crippen MR) is 111 cm³/mol. The Balaban J connectivity index is 1.43. The number of thiazole rings is 1. The molecule has 3 heterocycles. The molecule has 1 aromatic carbocycles. The first-order chi connectivity index (χ1) is 13.1. The summed E-state index contributed by atoms with van der Waals surface area (Å²) < 4.78 is 0. The fraction of sp³-hybridized carbons (Fsp3) is 0.545. The smallest absolute Gasteiger partial charge is 0.265 e. The van der Waals surface area contributed by atoms with E-state index in [0.717, 1.165) is 47.1 Å². The first kappa shape index (κ1) is 18.6. The lowest BCUT2D eigenvalue weighted by molar-refractivity contribution is 0.0593. The van der Waals surface area contributed by atoms with Gasteiger partial charge in [0.1, 0.15) is 9.88 Å². The number of benzene rings is 1. The van der Waals surface area contributed by atoms with Crippen LogP contribution in [0.3, 0.4) is 0 Å². The number of hydrogen-bond acceptors (Lipinski definition) is 4. The van der Waals surface area contributed by atoms with Crippen LogP contribution >= 0.6 is 11.3 Å². The molecule has 27 heavy (non-hydrogen) atoms. The summed E-state index contributed by atoms with van der Waals surface area (Å²) in [6.45, 7) is 8.28. The number of hydrogen-bond donors (Lipinski definition) is 0. The standard InChI is InChI=1S/C22H29N3OS/c1-16-7-6-8-18(15-16)21-23-17(2)20(27-21)22(26)25-13-9-19(10-14-25)24-11-4-3-5-12-24/h6-8,15,19H,3-5,9-14H2,1-2H3. The van der Waals surface area contributed by atoms with Crippen molar-refractivity contribution in [1.29, 1.82) is 0 Å². The molecule has 0 radical (unpaired) electrons. The lowest BCUT2D eigenvalue weighted by Crippen LogP contribution is -2.48. The SMILES string of the molecule is Cc1cccc(-c2nc(C)c(C(=O)N3CCC(N4CCCCC4)CC3)s2)c1. The maximum absolute atomic E-state index is 13.1. The molecule has 1 aromatic heterocycles. The summed E-state index contributed by atoms with van der Waals surface area (Å²) in [5.41, 5.74) is 3.18. The largest absolute Gasteiger partial charge is 0.338 e. The van der Waals surface area contributed by atoms with Crippen LogP contribution in [0, 0.1) is 13.8 Å². The van der Waals surface area contributed by atoms with E-state index < -0.39 is 0 Å². The molecule has 2 aliphatic heterocycles. The lowest BCUT2D eigenvalue weighted by Gasteiger charge is -2.40. The van der Waals surface area contributed by atoms with E-state index in [1.807, 2.05) is 17.9 Å². The summed E-state index contributed by atoms with van der Waals surface area (Å²) in [6, 6.07) is 9.01. The van der Waals surface area contributed by atoms with Crippen molar-refractivity contribution in [2.45, 2.75) is 52.0 Å². The number of carbonyl (C=O) groups excluding carboxylic acids is 1. The van der Waals surface area contributed by atoms with Gasteiger partial charge in [-0.3, -0.25) is 4.79 Å². The number of aromatic nitrogens is 1. The van der Waals surface area contributed by atoms with Gasteiger partial charge in [-0.2, -0.15) is 0 Å². The molecule has 2 saturated heterocycles. The highest BCUT2D eigenvalue weighted by Gasteiger charge is 2.29. The Morgan fingerprint density at radius 3 is 2.52 bits per heavy atom. The first-order valence-corrected chi connectivity index (χ1v) is 11.0. The molecule has 0 atom stereocenters. The molecule has 144 valence electrons. The van der Waals surface area contributed by atoms with Crippen molar-refractivity contribution in [2.24, 2.45) is 0 Å². The first-order valence-electron chi connectivity index (χ1n) is 10.2. The van der Waals surface area contributed by atoms with Crippen molar-refractivity contribution in [3.63, 3.8) is 0 Å². The molecule has 0 bridgehead atoms. The number of carbonyl (C=O) groups is 1. The molecule has 0 spiro atoms. The van der Waals surface area contributed by atoms with Crippen LogP contribution in [-0.4, -0.2) is 52.9 Å². The minimum absolute atomic E-state index is 0.168. The van der Waals surface area contributed by atoms with Gasteiger partial charge in [-0.1, -0.05) is 30.2 Å². The van der Waals surface area contributed by atoms with Gasteiger partial charge in [0.25, 0.3) is 5.91 Å². The van der Waals surface area contributed by atoms with Crippen molar-refractivity contribution in [3.05, 3.63) is 40.4 Å². The van der Waals surface area contributed by atoms with Gasteiger partial charge in [0.15, 0.2) is 0 Å². The molecule has 0 saturated carbocycles. The highest BCUT2D eigenvalue weighted by atomic mass is 32.1.